The number of hydrogen-bond donors (Lipinski definition) is 2. The van der Waals surface area contributed by atoms with Crippen LogP contribution in [0.15, 0.2) is 48.5 Å². The summed E-state index contributed by atoms with van der Waals surface area (Å²) in [6, 6.07) is 16.0. The first-order valence-electron chi connectivity index (χ1n) is 7.52. The average Bonchev–Trinajstić information content (AvgIpc) is 2.50. The SMILES string of the molecule is Nc1ccccc1CCCOCCCc1ccccc1N. The maximum Gasteiger partial charge on any atom is 0.0469 e. The van der Waals surface area contributed by atoms with Crippen LogP contribution in [0.1, 0.15) is 24.0 Å². The molecule has 3 nitrogen and oxygen atoms in total. The van der Waals surface area contributed by atoms with Crippen molar-refractivity contribution in [3.8, 4) is 0 Å². The maximum absolute atomic E-state index is 5.91. The van der Waals surface area contributed by atoms with Crippen molar-refractivity contribution in [1.82, 2.24) is 0 Å². The van der Waals surface area contributed by atoms with Gasteiger partial charge in [0.1, 0.15) is 0 Å². The van der Waals surface area contributed by atoms with Gasteiger partial charge >= 0.3 is 0 Å². The number of rotatable bonds is 8. The standard InChI is InChI=1S/C18H24N2O/c19-17-11-3-1-7-15(17)9-5-13-21-14-6-10-16-8-2-4-12-18(16)20/h1-4,7-8,11-12H,5-6,9-10,13-14,19-20H2. The van der Waals surface area contributed by atoms with E-state index >= 15 is 0 Å². The van der Waals surface area contributed by atoms with Crippen LogP contribution in [-0.4, -0.2) is 13.2 Å². The lowest BCUT2D eigenvalue weighted by Gasteiger charge is -2.07. The van der Waals surface area contributed by atoms with Crippen LogP contribution in [0.4, 0.5) is 11.4 Å². The van der Waals surface area contributed by atoms with Crippen molar-refractivity contribution < 1.29 is 4.74 Å². The highest BCUT2D eigenvalue weighted by Gasteiger charge is 1.99. The van der Waals surface area contributed by atoms with Crippen molar-refractivity contribution in [3.63, 3.8) is 0 Å². The molecule has 0 bridgehead atoms. The van der Waals surface area contributed by atoms with Crippen LogP contribution in [0.5, 0.6) is 0 Å². The lowest BCUT2D eigenvalue weighted by Crippen LogP contribution is -2.02. The molecule has 3 heteroatoms. The summed E-state index contributed by atoms with van der Waals surface area (Å²) in [4.78, 5) is 0. The molecule has 2 aromatic carbocycles. The Morgan fingerprint density at radius 3 is 1.52 bits per heavy atom. The van der Waals surface area contributed by atoms with Gasteiger partial charge in [-0.15, -0.1) is 0 Å². The smallest absolute Gasteiger partial charge is 0.0469 e. The number of nitrogen functional groups attached to an aromatic ring is 2. The van der Waals surface area contributed by atoms with Crippen molar-refractivity contribution in [2.45, 2.75) is 25.7 Å². The van der Waals surface area contributed by atoms with Crippen LogP contribution in [0, 0.1) is 0 Å². The van der Waals surface area contributed by atoms with E-state index in [4.69, 9.17) is 16.2 Å². The van der Waals surface area contributed by atoms with E-state index in [0.717, 1.165) is 50.3 Å². The monoisotopic (exact) mass is 284 g/mol. The minimum absolute atomic E-state index is 0.776. The van der Waals surface area contributed by atoms with Gasteiger partial charge in [-0.2, -0.15) is 0 Å². The van der Waals surface area contributed by atoms with Crippen molar-refractivity contribution >= 4 is 11.4 Å². The minimum Gasteiger partial charge on any atom is -0.399 e. The molecule has 0 heterocycles. The second kappa shape index (κ2) is 8.32. The summed E-state index contributed by atoms with van der Waals surface area (Å²) >= 11 is 0. The largest absolute Gasteiger partial charge is 0.399 e. The highest BCUT2D eigenvalue weighted by atomic mass is 16.5. The quantitative estimate of drug-likeness (QED) is 0.576. The first-order chi connectivity index (χ1) is 10.3. The molecule has 0 saturated carbocycles. The van der Waals surface area contributed by atoms with Gasteiger partial charge in [0.2, 0.25) is 0 Å². The zero-order chi connectivity index (χ0) is 14.9. The fourth-order valence-corrected chi connectivity index (χ4v) is 2.36. The van der Waals surface area contributed by atoms with Crippen molar-refractivity contribution in [1.29, 1.82) is 0 Å². The number of ether oxygens (including phenoxy) is 1. The summed E-state index contributed by atoms with van der Waals surface area (Å²) < 4.78 is 5.68. The van der Waals surface area contributed by atoms with E-state index in [1.807, 2.05) is 36.4 Å². The minimum atomic E-state index is 0.776. The predicted octanol–water partition coefficient (Wildman–Crippen LogP) is 3.43. The third kappa shape index (κ3) is 5.12. The Bertz CT molecular complexity index is 505. The number of aryl methyl sites for hydroxylation is 2. The molecule has 2 aromatic rings. The summed E-state index contributed by atoms with van der Waals surface area (Å²) in [5.41, 5.74) is 16.0. The van der Waals surface area contributed by atoms with Crippen LogP contribution in [0.25, 0.3) is 0 Å². The molecule has 0 saturated heterocycles. The predicted molar refractivity (Wildman–Crippen MR) is 89.2 cm³/mol. The Morgan fingerprint density at radius 2 is 1.10 bits per heavy atom. The van der Waals surface area contributed by atoms with Crippen LogP contribution in [0.2, 0.25) is 0 Å². The molecular weight excluding hydrogens is 260 g/mol. The second-order valence-corrected chi connectivity index (χ2v) is 5.22. The first kappa shape index (κ1) is 15.4. The maximum atomic E-state index is 5.91. The van der Waals surface area contributed by atoms with Gasteiger partial charge in [0.25, 0.3) is 0 Å². The fourth-order valence-electron chi connectivity index (χ4n) is 2.36. The van der Waals surface area contributed by atoms with Crippen LogP contribution >= 0.6 is 0 Å². The van der Waals surface area contributed by atoms with Gasteiger partial charge in [0.15, 0.2) is 0 Å². The summed E-state index contributed by atoms with van der Waals surface area (Å²) in [5, 5.41) is 0. The van der Waals surface area contributed by atoms with Gasteiger partial charge in [0, 0.05) is 24.6 Å². The van der Waals surface area contributed by atoms with Crippen LogP contribution in [-0.2, 0) is 17.6 Å². The molecule has 21 heavy (non-hydrogen) atoms. The Hall–Kier alpha value is -2.00. The van der Waals surface area contributed by atoms with E-state index in [-0.39, 0.29) is 0 Å². The molecule has 2 rings (SSSR count). The number of benzene rings is 2. The molecule has 4 N–H and O–H groups in total. The lowest BCUT2D eigenvalue weighted by atomic mass is 10.1. The van der Waals surface area contributed by atoms with Gasteiger partial charge in [0.05, 0.1) is 0 Å². The molecule has 0 aliphatic carbocycles. The zero-order valence-electron chi connectivity index (χ0n) is 12.4. The van der Waals surface area contributed by atoms with Gasteiger partial charge in [-0.1, -0.05) is 36.4 Å². The molecule has 0 aliphatic rings. The summed E-state index contributed by atoms with van der Waals surface area (Å²) in [6.45, 7) is 1.55. The number of hydrogen-bond acceptors (Lipinski definition) is 3. The highest BCUT2D eigenvalue weighted by Crippen LogP contribution is 2.14. The van der Waals surface area contributed by atoms with E-state index < -0.39 is 0 Å². The van der Waals surface area contributed by atoms with E-state index in [1.165, 1.54) is 11.1 Å². The molecular formula is C18H24N2O. The number of nitrogens with two attached hydrogens (primary N) is 2. The number of anilines is 2. The van der Waals surface area contributed by atoms with Crippen LogP contribution < -0.4 is 11.5 Å². The van der Waals surface area contributed by atoms with Gasteiger partial charge in [-0.25, -0.2) is 0 Å². The fraction of sp³-hybridized carbons (Fsp3) is 0.333. The summed E-state index contributed by atoms with van der Waals surface area (Å²) in [5.74, 6) is 0. The van der Waals surface area contributed by atoms with Gasteiger partial charge in [-0.05, 0) is 48.9 Å². The van der Waals surface area contributed by atoms with E-state index in [1.54, 1.807) is 0 Å². The van der Waals surface area contributed by atoms with E-state index in [0.29, 0.717) is 0 Å². The molecule has 0 amide bonds. The molecule has 0 unspecified atom stereocenters. The van der Waals surface area contributed by atoms with E-state index in [2.05, 4.69) is 12.1 Å². The third-order valence-corrected chi connectivity index (χ3v) is 3.58. The topological polar surface area (TPSA) is 61.3 Å². The molecule has 0 aliphatic heterocycles. The average molecular weight is 284 g/mol. The Labute approximate surface area is 126 Å². The molecule has 0 fully saturated rings. The lowest BCUT2D eigenvalue weighted by molar-refractivity contribution is 0.130. The molecule has 0 radical (unpaired) electrons. The van der Waals surface area contributed by atoms with Crippen molar-refractivity contribution in [2.24, 2.45) is 0 Å². The zero-order valence-corrected chi connectivity index (χ0v) is 12.4. The third-order valence-electron chi connectivity index (χ3n) is 3.58. The summed E-state index contributed by atoms with van der Waals surface area (Å²) in [7, 11) is 0. The van der Waals surface area contributed by atoms with E-state index in [9.17, 15) is 0 Å². The van der Waals surface area contributed by atoms with Crippen LogP contribution in [0.3, 0.4) is 0 Å². The molecule has 0 aromatic heterocycles. The van der Waals surface area contributed by atoms with Crippen molar-refractivity contribution in [3.05, 3.63) is 59.7 Å². The van der Waals surface area contributed by atoms with Crippen molar-refractivity contribution in [2.75, 3.05) is 24.7 Å². The Kier molecular flexibility index (Phi) is 6.10. The molecule has 112 valence electrons. The summed E-state index contributed by atoms with van der Waals surface area (Å²) in [6.07, 6.45) is 3.94. The molecule has 0 spiro atoms. The number of para-hydroxylation sites is 2. The molecule has 0 atom stereocenters. The van der Waals surface area contributed by atoms with Gasteiger partial charge < -0.3 is 16.2 Å². The second-order valence-electron chi connectivity index (χ2n) is 5.22. The van der Waals surface area contributed by atoms with Gasteiger partial charge in [-0.3, -0.25) is 0 Å². The Morgan fingerprint density at radius 1 is 0.667 bits per heavy atom. The normalized spacial score (nSPS) is 10.7. The Balaban J connectivity index is 1.57. The highest BCUT2D eigenvalue weighted by molar-refractivity contribution is 5.46. The first-order valence-corrected chi connectivity index (χ1v) is 7.52.